The van der Waals surface area contributed by atoms with Crippen molar-refractivity contribution in [1.82, 2.24) is 19.9 Å². The number of nitrogens with two attached hydrogens (primary N) is 1. The van der Waals surface area contributed by atoms with Gasteiger partial charge in [-0.2, -0.15) is 9.97 Å². The van der Waals surface area contributed by atoms with E-state index in [1.54, 1.807) is 6.33 Å². The molecular formula is C13H20N6. The average molecular weight is 260 g/mol. The largest absolute Gasteiger partial charge is 0.368 e. The molecule has 1 aliphatic rings. The first-order chi connectivity index (χ1) is 9.16. The number of hydrogen-bond donors (Lipinski definition) is 3. The van der Waals surface area contributed by atoms with E-state index in [2.05, 4.69) is 32.2 Å². The first kappa shape index (κ1) is 12.2. The standard InChI is InChI=1S/C13H20N6/c1-13(5-3-2-4-6-13)7-15-10-9-11(17-8-16-9)19-12(14)18-10/h8H,2-7H2,1H3,(H4,14,15,16,17,18,19). The Hall–Kier alpha value is -1.85. The minimum absolute atomic E-state index is 0.260. The van der Waals surface area contributed by atoms with Crippen molar-refractivity contribution in [2.75, 3.05) is 17.6 Å². The Morgan fingerprint density at radius 3 is 2.89 bits per heavy atom. The fraction of sp³-hybridized carbons (Fsp3) is 0.615. The normalized spacial score (nSPS) is 18.6. The number of hydrogen-bond acceptors (Lipinski definition) is 5. The zero-order chi connectivity index (χ0) is 13.3. The molecule has 0 spiro atoms. The molecule has 102 valence electrons. The van der Waals surface area contributed by atoms with Crippen LogP contribution in [0.25, 0.3) is 11.2 Å². The molecule has 0 atom stereocenters. The molecule has 2 heterocycles. The van der Waals surface area contributed by atoms with Gasteiger partial charge in [-0.15, -0.1) is 0 Å². The number of fused-ring (bicyclic) bond motifs is 1. The Labute approximate surface area is 112 Å². The van der Waals surface area contributed by atoms with Crippen LogP contribution in [0.4, 0.5) is 11.8 Å². The summed E-state index contributed by atoms with van der Waals surface area (Å²) in [6.45, 7) is 3.26. The molecule has 0 bridgehead atoms. The van der Waals surface area contributed by atoms with Crippen molar-refractivity contribution in [3.8, 4) is 0 Å². The van der Waals surface area contributed by atoms with Gasteiger partial charge in [0.1, 0.15) is 5.52 Å². The van der Waals surface area contributed by atoms with Crippen molar-refractivity contribution >= 4 is 22.9 Å². The summed E-state index contributed by atoms with van der Waals surface area (Å²) in [5, 5.41) is 3.42. The summed E-state index contributed by atoms with van der Waals surface area (Å²) in [5.74, 6) is 1.02. The fourth-order valence-electron chi connectivity index (χ4n) is 2.86. The summed E-state index contributed by atoms with van der Waals surface area (Å²) >= 11 is 0. The number of rotatable bonds is 3. The summed E-state index contributed by atoms with van der Waals surface area (Å²) in [4.78, 5) is 15.6. The first-order valence-corrected chi connectivity index (χ1v) is 6.87. The number of aromatic nitrogens is 4. The van der Waals surface area contributed by atoms with E-state index < -0.39 is 0 Å². The van der Waals surface area contributed by atoms with Gasteiger partial charge in [0.25, 0.3) is 0 Å². The molecule has 0 radical (unpaired) electrons. The van der Waals surface area contributed by atoms with E-state index in [0.717, 1.165) is 17.9 Å². The maximum absolute atomic E-state index is 5.71. The van der Waals surface area contributed by atoms with Crippen LogP contribution in [0, 0.1) is 5.41 Å². The lowest BCUT2D eigenvalue weighted by Crippen LogP contribution is -2.29. The predicted octanol–water partition coefficient (Wildman–Crippen LogP) is 2.32. The quantitative estimate of drug-likeness (QED) is 0.787. The maximum atomic E-state index is 5.71. The summed E-state index contributed by atoms with van der Waals surface area (Å²) in [7, 11) is 0. The van der Waals surface area contributed by atoms with Crippen molar-refractivity contribution in [3.63, 3.8) is 0 Å². The van der Waals surface area contributed by atoms with Crippen molar-refractivity contribution in [2.45, 2.75) is 39.0 Å². The van der Waals surface area contributed by atoms with Gasteiger partial charge < -0.3 is 16.0 Å². The van der Waals surface area contributed by atoms with E-state index in [0.29, 0.717) is 11.1 Å². The Balaban J connectivity index is 1.79. The highest BCUT2D eigenvalue weighted by atomic mass is 15.1. The molecule has 0 aromatic carbocycles. The van der Waals surface area contributed by atoms with E-state index in [9.17, 15) is 0 Å². The first-order valence-electron chi connectivity index (χ1n) is 6.87. The van der Waals surface area contributed by atoms with Crippen LogP contribution in [-0.2, 0) is 0 Å². The second-order valence-electron chi connectivity index (χ2n) is 5.76. The van der Waals surface area contributed by atoms with Gasteiger partial charge in [0.15, 0.2) is 11.5 Å². The smallest absolute Gasteiger partial charge is 0.224 e. The summed E-state index contributed by atoms with van der Waals surface area (Å²) in [5.41, 5.74) is 7.50. The summed E-state index contributed by atoms with van der Waals surface area (Å²) < 4.78 is 0. The van der Waals surface area contributed by atoms with E-state index in [-0.39, 0.29) is 5.95 Å². The molecule has 0 saturated heterocycles. The van der Waals surface area contributed by atoms with Crippen LogP contribution < -0.4 is 11.1 Å². The van der Waals surface area contributed by atoms with Crippen LogP contribution in [0.1, 0.15) is 39.0 Å². The van der Waals surface area contributed by atoms with Crippen molar-refractivity contribution < 1.29 is 0 Å². The minimum atomic E-state index is 0.260. The van der Waals surface area contributed by atoms with Crippen LogP contribution >= 0.6 is 0 Å². The van der Waals surface area contributed by atoms with E-state index in [1.807, 2.05) is 0 Å². The average Bonchev–Trinajstić information content (AvgIpc) is 2.85. The number of imidazole rings is 1. The molecule has 1 fully saturated rings. The third kappa shape index (κ3) is 2.47. The fourth-order valence-corrected chi connectivity index (χ4v) is 2.86. The van der Waals surface area contributed by atoms with Crippen molar-refractivity contribution in [3.05, 3.63) is 6.33 Å². The van der Waals surface area contributed by atoms with Gasteiger partial charge in [-0.25, -0.2) is 4.98 Å². The molecule has 4 N–H and O–H groups in total. The van der Waals surface area contributed by atoms with E-state index >= 15 is 0 Å². The Morgan fingerprint density at radius 2 is 2.11 bits per heavy atom. The molecule has 6 nitrogen and oxygen atoms in total. The second-order valence-corrected chi connectivity index (χ2v) is 5.76. The Bertz CT molecular complexity index is 570. The molecule has 3 rings (SSSR count). The number of H-pyrrole nitrogens is 1. The molecule has 1 saturated carbocycles. The lowest BCUT2D eigenvalue weighted by atomic mass is 9.76. The van der Waals surface area contributed by atoms with Crippen LogP contribution in [0.5, 0.6) is 0 Å². The molecular weight excluding hydrogens is 240 g/mol. The Morgan fingerprint density at radius 1 is 1.32 bits per heavy atom. The SMILES string of the molecule is CC1(CNc2nc(N)nc3nc[nH]c23)CCCCC1. The molecule has 0 unspecified atom stereocenters. The van der Waals surface area contributed by atoms with Gasteiger partial charge in [0.2, 0.25) is 5.95 Å². The summed E-state index contributed by atoms with van der Waals surface area (Å²) in [6.07, 6.45) is 8.17. The van der Waals surface area contributed by atoms with Crippen LogP contribution in [0.2, 0.25) is 0 Å². The highest BCUT2D eigenvalue weighted by molar-refractivity contribution is 5.83. The highest BCUT2D eigenvalue weighted by Crippen LogP contribution is 2.36. The molecule has 0 amide bonds. The highest BCUT2D eigenvalue weighted by Gasteiger charge is 2.26. The topological polar surface area (TPSA) is 92.5 Å². The van der Waals surface area contributed by atoms with Gasteiger partial charge in [-0.1, -0.05) is 26.2 Å². The monoisotopic (exact) mass is 260 g/mol. The maximum Gasteiger partial charge on any atom is 0.224 e. The number of nitrogens with one attached hydrogen (secondary N) is 2. The molecule has 6 heteroatoms. The number of nitrogen functional groups attached to an aromatic ring is 1. The van der Waals surface area contributed by atoms with Crippen LogP contribution in [0.15, 0.2) is 6.33 Å². The zero-order valence-corrected chi connectivity index (χ0v) is 11.2. The van der Waals surface area contributed by atoms with E-state index in [4.69, 9.17) is 5.73 Å². The molecule has 2 aromatic heterocycles. The number of aromatic amines is 1. The molecule has 2 aromatic rings. The van der Waals surface area contributed by atoms with Gasteiger partial charge in [-0.3, -0.25) is 0 Å². The van der Waals surface area contributed by atoms with Crippen LogP contribution in [-0.4, -0.2) is 26.5 Å². The van der Waals surface area contributed by atoms with Gasteiger partial charge in [-0.05, 0) is 18.3 Å². The third-order valence-corrected chi connectivity index (χ3v) is 4.05. The minimum Gasteiger partial charge on any atom is -0.368 e. The Kier molecular flexibility index (Phi) is 3.00. The number of nitrogens with zero attached hydrogens (tertiary/aromatic N) is 3. The van der Waals surface area contributed by atoms with Gasteiger partial charge >= 0.3 is 0 Å². The second kappa shape index (κ2) is 4.68. The number of anilines is 2. The molecule has 19 heavy (non-hydrogen) atoms. The van der Waals surface area contributed by atoms with Crippen molar-refractivity contribution in [2.24, 2.45) is 5.41 Å². The van der Waals surface area contributed by atoms with Gasteiger partial charge in [0.05, 0.1) is 6.33 Å². The molecule has 0 aliphatic heterocycles. The predicted molar refractivity (Wildman–Crippen MR) is 75.8 cm³/mol. The third-order valence-electron chi connectivity index (χ3n) is 4.05. The lowest BCUT2D eigenvalue weighted by Gasteiger charge is -2.33. The summed E-state index contributed by atoms with van der Waals surface area (Å²) in [6, 6.07) is 0. The lowest BCUT2D eigenvalue weighted by molar-refractivity contribution is 0.233. The molecule has 1 aliphatic carbocycles. The van der Waals surface area contributed by atoms with Crippen molar-refractivity contribution in [1.29, 1.82) is 0 Å². The van der Waals surface area contributed by atoms with Crippen LogP contribution in [0.3, 0.4) is 0 Å². The van der Waals surface area contributed by atoms with Gasteiger partial charge in [0, 0.05) is 6.54 Å². The van der Waals surface area contributed by atoms with E-state index in [1.165, 1.54) is 32.1 Å². The zero-order valence-electron chi connectivity index (χ0n) is 11.2.